The number of hydrogen-bond donors (Lipinski definition) is 4. The number of thiophene rings is 1. The second-order valence-electron chi connectivity index (χ2n) is 11.1. The first kappa shape index (κ1) is 40.2. The van der Waals surface area contributed by atoms with Gasteiger partial charge in [-0.1, -0.05) is 61.3 Å². The number of rotatable bonds is 15. The third-order valence-corrected chi connectivity index (χ3v) is 8.50. The average molecular weight is 766 g/mol. The maximum atomic E-state index is 14.8. The second-order valence-corrected chi connectivity index (χ2v) is 13.3. The third-order valence-electron chi connectivity index (χ3n) is 7.04. The zero-order valence-corrected chi connectivity index (χ0v) is 28.8. The van der Waals surface area contributed by atoms with Gasteiger partial charge in [-0.15, -0.1) is 11.3 Å². The van der Waals surface area contributed by atoms with Crippen LogP contribution in [0.1, 0.15) is 40.7 Å². The number of ether oxygens (including phenoxy) is 1. The first-order valence-electron chi connectivity index (χ1n) is 14.6. The molecule has 10 nitrogen and oxygen atoms in total. The number of carbonyl (C=O) groups excluding carboxylic acids is 5. The number of carbonyl (C=O) groups is 5. The van der Waals surface area contributed by atoms with Gasteiger partial charge in [-0.3, -0.25) is 24.0 Å². The van der Waals surface area contributed by atoms with E-state index >= 15 is 0 Å². The van der Waals surface area contributed by atoms with Crippen molar-refractivity contribution < 1.29 is 50.7 Å². The first-order chi connectivity index (χ1) is 23.3. The van der Waals surface area contributed by atoms with Gasteiger partial charge in [-0.25, -0.2) is 0 Å². The molecule has 0 saturated heterocycles. The van der Waals surface area contributed by atoms with Gasteiger partial charge in [0.05, 0.1) is 22.4 Å². The number of nitrogens with one attached hydrogen (secondary N) is 4. The Balaban J connectivity index is 1.95. The Kier molecular flexibility index (Phi) is 13.7. The molecule has 4 amide bonds. The summed E-state index contributed by atoms with van der Waals surface area (Å²) >= 11 is 13.0. The predicted octanol–water partition coefficient (Wildman–Crippen LogP) is 5.29. The topological polar surface area (TPSA) is 143 Å². The van der Waals surface area contributed by atoms with Crippen LogP contribution in [0.4, 0.5) is 22.0 Å². The van der Waals surface area contributed by atoms with Crippen molar-refractivity contribution in [3.05, 3.63) is 86.0 Å². The Labute approximate surface area is 297 Å². The molecule has 0 aliphatic carbocycles. The summed E-state index contributed by atoms with van der Waals surface area (Å²) in [6.45, 7) is 0.382. The van der Waals surface area contributed by atoms with E-state index in [0.717, 1.165) is 16.7 Å². The van der Waals surface area contributed by atoms with Crippen LogP contribution in [0.15, 0.2) is 60.7 Å². The Hall–Kier alpha value is -4.28. The van der Waals surface area contributed by atoms with Crippen molar-refractivity contribution in [2.24, 2.45) is 5.92 Å². The number of methoxy groups -OCH3 is 1. The molecule has 3 atom stereocenters. The van der Waals surface area contributed by atoms with E-state index in [9.17, 15) is 45.9 Å². The van der Waals surface area contributed by atoms with Crippen LogP contribution < -0.4 is 26.0 Å². The highest BCUT2D eigenvalue weighted by Crippen LogP contribution is 2.25. The maximum absolute atomic E-state index is 14.8. The highest BCUT2D eigenvalue weighted by molar-refractivity contribution is 7.18. The number of amides is 4. The molecule has 3 rings (SSSR count). The molecule has 0 aliphatic heterocycles. The van der Waals surface area contributed by atoms with Gasteiger partial charge in [-0.05, 0) is 53.4 Å². The molecule has 2 unspecified atom stereocenters. The molecule has 50 heavy (non-hydrogen) atoms. The second kappa shape index (κ2) is 17.1. The van der Waals surface area contributed by atoms with Crippen molar-refractivity contribution in [1.82, 2.24) is 21.3 Å². The summed E-state index contributed by atoms with van der Waals surface area (Å²) in [5.41, 5.74) is 0.600. The van der Waals surface area contributed by atoms with Gasteiger partial charge in [0.15, 0.2) is 0 Å². The van der Waals surface area contributed by atoms with Gasteiger partial charge >= 0.3 is 12.1 Å². The number of Topliss-reactive ketones (excluding diaryl/α,β-unsaturated/α-hetero) is 1. The largest absolute Gasteiger partial charge is 0.497 e. The van der Waals surface area contributed by atoms with Crippen LogP contribution in [0.2, 0.25) is 9.36 Å². The lowest BCUT2D eigenvalue weighted by atomic mass is 9.94. The fourth-order valence-electron chi connectivity index (χ4n) is 4.48. The zero-order valence-electron chi connectivity index (χ0n) is 26.5. The molecule has 18 heteroatoms. The Bertz CT molecular complexity index is 1700. The fourth-order valence-corrected chi connectivity index (χ4v) is 5.64. The van der Waals surface area contributed by atoms with Gasteiger partial charge in [0.25, 0.3) is 11.8 Å². The standard InChI is InChI=1S/C32H31Cl2F5N4O6S/c1-16(2)24(26(44)32(38,39)30(48)40-15-31(35,36)37)42-29(47)25(18-7-9-20(49-3)10-8-18)43-27(45)21(14-17-5-4-6-19(33)13-17)41-28(46)22-11-12-23(34)50-22/h4-13,16,21,24-25H,14-15H2,1-3H3,(H,40,48)(H,41,46)(H,42,47)(H,43,45)/t21?,24-,25?/m0/s1. The number of benzene rings is 2. The zero-order chi connectivity index (χ0) is 37.4. The van der Waals surface area contributed by atoms with Gasteiger partial charge in [-0.2, -0.15) is 22.0 Å². The van der Waals surface area contributed by atoms with Crippen molar-refractivity contribution >= 4 is 64.0 Å². The molecule has 2 aromatic carbocycles. The monoisotopic (exact) mass is 764 g/mol. The molecule has 0 radical (unpaired) electrons. The molecule has 270 valence electrons. The van der Waals surface area contributed by atoms with Crippen LogP contribution in [0.5, 0.6) is 5.75 Å². The van der Waals surface area contributed by atoms with Crippen molar-refractivity contribution in [3.8, 4) is 5.75 Å². The smallest absolute Gasteiger partial charge is 0.405 e. The molecule has 4 N–H and O–H groups in total. The van der Waals surface area contributed by atoms with Crippen molar-refractivity contribution in [2.75, 3.05) is 13.7 Å². The molecule has 0 saturated carbocycles. The number of halogens is 7. The van der Waals surface area contributed by atoms with Crippen molar-refractivity contribution in [2.45, 2.75) is 50.5 Å². The average Bonchev–Trinajstić information content (AvgIpc) is 3.50. The van der Waals surface area contributed by atoms with Crippen LogP contribution >= 0.6 is 34.5 Å². The summed E-state index contributed by atoms with van der Waals surface area (Å²) in [4.78, 5) is 65.7. The Morgan fingerprint density at radius 1 is 0.860 bits per heavy atom. The summed E-state index contributed by atoms with van der Waals surface area (Å²) in [5, 5.41) is 8.50. The summed E-state index contributed by atoms with van der Waals surface area (Å²) in [6.07, 6.45) is -5.16. The Morgan fingerprint density at radius 3 is 2.06 bits per heavy atom. The summed E-state index contributed by atoms with van der Waals surface area (Å²) < 4.78 is 72.8. The lowest BCUT2D eigenvalue weighted by molar-refractivity contribution is -0.165. The van der Waals surface area contributed by atoms with Gasteiger partial charge in [0.1, 0.15) is 24.4 Å². The molecule has 1 heterocycles. The Morgan fingerprint density at radius 2 is 1.52 bits per heavy atom. The molecule has 0 aliphatic rings. The molecule has 3 aromatic rings. The summed E-state index contributed by atoms with van der Waals surface area (Å²) in [7, 11) is 1.37. The van der Waals surface area contributed by atoms with E-state index in [-0.39, 0.29) is 16.9 Å². The van der Waals surface area contributed by atoms with E-state index in [1.165, 1.54) is 57.4 Å². The van der Waals surface area contributed by atoms with Crippen LogP contribution in [0.25, 0.3) is 0 Å². The van der Waals surface area contributed by atoms with E-state index in [1.807, 2.05) is 0 Å². The quantitative estimate of drug-likeness (QED) is 0.123. The first-order valence-corrected chi connectivity index (χ1v) is 16.2. The lowest BCUT2D eigenvalue weighted by Crippen LogP contribution is -2.58. The van der Waals surface area contributed by atoms with E-state index in [4.69, 9.17) is 27.9 Å². The molecular formula is C32H31Cl2F5N4O6S. The van der Waals surface area contributed by atoms with E-state index in [2.05, 4.69) is 16.0 Å². The summed E-state index contributed by atoms with van der Waals surface area (Å²) in [5.74, 6) is -13.2. The minimum absolute atomic E-state index is 0.0826. The van der Waals surface area contributed by atoms with Crippen LogP contribution in [-0.4, -0.2) is 67.2 Å². The van der Waals surface area contributed by atoms with E-state index in [0.29, 0.717) is 20.7 Å². The predicted molar refractivity (Wildman–Crippen MR) is 175 cm³/mol. The number of alkyl halides is 5. The van der Waals surface area contributed by atoms with E-state index in [1.54, 1.807) is 24.3 Å². The molecule has 1 aromatic heterocycles. The van der Waals surface area contributed by atoms with Crippen molar-refractivity contribution in [1.29, 1.82) is 0 Å². The van der Waals surface area contributed by atoms with E-state index < -0.39 is 72.1 Å². The van der Waals surface area contributed by atoms with Gasteiger partial charge in [0.2, 0.25) is 17.6 Å². The van der Waals surface area contributed by atoms with Gasteiger partial charge in [0, 0.05) is 11.4 Å². The third kappa shape index (κ3) is 11.1. The highest BCUT2D eigenvalue weighted by Gasteiger charge is 2.52. The fraction of sp³-hybridized carbons (Fsp3) is 0.344. The minimum atomic E-state index is -5.04. The number of ketones is 1. The molecular weight excluding hydrogens is 734 g/mol. The normalized spacial score (nSPS) is 13.5. The van der Waals surface area contributed by atoms with Crippen LogP contribution in [-0.2, 0) is 25.6 Å². The highest BCUT2D eigenvalue weighted by atomic mass is 35.5. The number of hydrogen-bond acceptors (Lipinski definition) is 7. The molecule has 0 spiro atoms. The lowest BCUT2D eigenvalue weighted by Gasteiger charge is -2.28. The van der Waals surface area contributed by atoms with Crippen LogP contribution in [0.3, 0.4) is 0 Å². The van der Waals surface area contributed by atoms with Crippen LogP contribution in [0, 0.1) is 5.92 Å². The molecule has 0 bridgehead atoms. The maximum Gasteiger partial charge on any atom is 0.405 e. The van der Waals surface area contributed by atoms with Gasteiger partial charge < -0.3 is 26.0 Å². The SMILES string of the molecule is COc1ccc(C(NC(=O)C(Cc2cccc(Cl)c2)NC(=O)c2ccc(Cl)s2)C(=O)N[C@H](C(=O)C(F)(F)C(=O)NCC(F)(F)F)C(C)C)cc1. The summed E-state index contributed by atoms with van der Waals surface area (Å²) in [6, 6.07) is 9.76. The molecule has 0 fully saturated rings. The minimum Gasteiger partial charge on any atom is -0.497 e. The van der Waals surface area contributed by atoms with Crippen molar-refractivity contribution in [3.63, 3.8) is 0 Å².